The molecule has 0 spiro atoms. The zero-order valence-corrected chi connectivity index (χ0v) is 11.8. The quantitative estimate of drug-likeness (QED) is 0.750. The SMILES string of the molecule is COC(=O)C(CN1CC(C)CC(C)C1)NC1CC1. The highest BCUT2D eigenvalue weighted by Gasteiger charge is 2.32. The normalized spacial score (nSPS) is 31.1. The molecule has 4 heteroatoms. The molecule has 1 N–H and O–H groups in total. The summed E-state index contributed by atoms with van der Waals surface area (Å²) in [6.45, 7) is 7.58. The van der Waals surface area contributed by atoms with Gasteiger partial charge in [0.1, 0.15) is 6.04 Å². The molecular formula is C14H26N2O2. The van der Waals surface area contributed by atoms with E-state index in [1.54, 1.807) is 0 Å². The molecule has 4 nitrogen and oxygen atoms in total. The van der Waals surface area contributed by atoms with E-state index in [2.05, 4.69) is 24.1 Å². The molecule has 0 bridgehead atoms. The van der Waals surface area contributed by atoms with E-state index in [1.165, 1.54) is 26.4 Å². The average molecular weight is 254 g/mol. The maximum absolute atomic E-state index is 11.8. The largest absolute Gasteiger partial charge is 0.468 e. The summed E-state index contributed by atoms with van der Waals surface area (Å²) in [6.07, 6.45) is 3.69. The summed E-state index contributed by atoms with van der Waals surface area (Å²) in [6, 6.07) is 0.383. The van der Waals surface area contributed by atoms with Crippen LogP contribution in [0.15, 0.2) is 0 Å². The molecule has 3 unspecified atom stereocenters. The van der Waals surface area contributed by atoms with Crippen molar-refractivity contribution in [3.8, 4) is 0 Å². The van der Waals surface area contributed by atoms with Gasteiger partial charge in [-0.25, -0.2) is 0 Å². The molecule has 2 rings (SSSR count). The van der Waals surface area contributed by atoms with Crippen LogP contribution in [0.5, 0.6) is 0 Å². The Morgan fingerprint density at radius 2 is 1.94 bits per heavy atom. The Hall–Kier alpha value is -0.610. The molecule has 1 saturated carbocycles. The molecule has 0 aromatic rings. The lowest BCUT2D eigenvalue weighted by atomic mass is 9.91. The molecule has 0 aromatic heterocycles. The van der Waals surface area contributed by atoms with E-state index in [4.69, 9.17) is 4.74 Å². The lowest BCUT2D eigenvalue weighted by Gasteiger charge is -2.36. The van der Waals surface area contributed by atoms with Crippen LogP contribution in [-0.4, -0.2) is 49.7 Å². The second kappa shape index (κ2) is 6.02. The monoisotopic (exact) mass is 254 g/mol. The summed E-state index contributed by atoms with van der Waals surface area (Å²) in [5.41, 5.74) is 0. The van der Waals surface area contributed by atoms with E-state index in [9.17, 15) is 4.79 Å². The van der Waals surface area contributed by atoms with E-state index in [0.717, 1.165) is 31.5 Å². The van der Waals surface area contributed by atoms with Crippen molar-refractivity contribution in [2.24, 2.45) is 11.8 Å². The number of nitrogens with zero attached hydrogens (tertiary/aromatic N) is 1. The molecule has 0 aromatic carbocycles. The fourth-order valence-electron chi connectivity index (χ4n) is 3.07. The third kappa shape index (κ3) is 3.95. The maximum atomic E-state index is 11.8. The highest BCUT2D eigenvalue weighted by molar-refractivity contribution is 5.76. The predicted octanol–water partition coefficient (Wildman–Crippen LogP) is 1.26. The van der Waals surface area contributed by atoms with Gasteiger partial charge < -0.3 is 15.0 Å². The first-order valence-corrected chi connectivity index (χ1v) is 7.14. The van der Waals surface area contributed by atoms with Crippen molar-refractivity contribution >= 4 is 5.97 Å². The van der Waals surface area contributed by atoms with Crippen LogP contribution in [0.3, 0.4) is 0 Å². The summed E-state index contributed by atoms with van der Waals surface area (Å²) in [7, 11) is 1.48. The molecular weight excluding hydrogens is 228 g/mol. The first kappa shape index (κ1) is 13.8. The van der Waals surface area contributed by atoms with Gasteiger partial charge in [0.15, 0.2) is 0 Å². The Morgan fingerprint density at radius 1 is 1.33 bits per heavy atom. The van der Waals surface area contributed by atoms with Gasteiger partial charge in [-0.2, -0.15) is 0 Å². The highest BCUT2D eigenvalue weighted by atomic mass is 16.5. The number of esters is 1. The van der Waals surface area contributed by atoms with Gasteiger partial charge in [-0.1, -0.05) is 13.8 Å². The van der Waals surface area contributed by atoms with E-state index in [-0.39, 0.29) is 12.0 Å². The van der Waals surface area contributed by atoms with E-state index in [1.807, 2.05) is 0 Å². The number of rotatable bonds is 5. The number of methoxy groups -OCH3 is 1. The zero-order chi connectivity index (χ0) is 13.1. The molecule has 3 atom stereocenters. The Balaban J connectivity index is 1.88. The minimum atomic E-state index is -0.153. The standard InChI is InChI=1S/C14H26N2O2/c1-10-6-11(2)8-16(7-10)9-13(14(17)18-3)15-12-4-5-12/h10-13,15H,4-9H2,1-3H3. The Labute approximate surface area is 110 Å². The first-order valence-electron chi connectivity index (χ1n) is 7.14. The van der Waals surface area contributed by atoms with Crippen molar-refractivity contribution in [2.45, 2.75) is 45.2 Å². The first-order chi connectivity index (χ1) is 8.58. The topological polar surface area (TPSA) is 41.6 Å². The van der Waals surface area contributed by atoms with Crippen LogP contribution in [0.25, 0.3) is 0 Å². The Kier molecular flexibility index (Phi) is 4.62. The number of ether oxygens (including phenoxy) is 1. The van der Waals surface area contributed by atoms with Crippen molar-refractivity contribution < 1.29 is 9.53 Å². The predicted molar refractivity (Wildman–Crippen MR) is 71.3 cm³/mol. The van der Waals surface area contributed by atoms with Crippen LogP contribution >= 0.6 is 0 Å². The number of hydrogen-bond acceptors (Lipinski definition) is 4. The van der Waals surface area contributed by atoms with Crippen LogP contribution in [0, 0.1) is 11.8 Å². The van der Waals surface area contributed by atoms with Gasteiger partial charge >= 0.3 is 5.97 Å². The number of nitrogens with one attached hydrogen (secondary N) is 1. The smallest absolute Gasteiger partial charge is 0.324 e. The highest BCUT2D eigenvalue weighted by Crippen LogP contribution is 2.23. The van der Waals surface area contributed by atoms with Crippen LogP contribution in [0.1, 0.15) is 33.1 Å². The molecule has 0 amide bonds. The summed E-state index contributed by atoms with van der Waals surface area (Å²) >= 11 is 0. The van der Waals surface area contributed by atoms with Crippen LogP contribution in [0.4, 0.5) is 0 Å². The molecule has 0 radical (unpaired) electrons. The maximum Gasteiger partial charge on any atom is 0.324 e. The summed E-state index contributed by atoms with van der Waals surface area (Å²) < 4.78 is 4.91. The van der Waals surface area contributed by atoms with E-state index >= 15 is 0 Å². The number of hydrogen-bond donors (Lipinski definition) is 1. The third-order valence-corrected chi connectivity index (χ3v) is 3.89. The molecule has 2 aliphatic rings. The Morgan fingerprint density at radius 3 is 2.44 bits per heavy atom. The molecule has 1 saturated heterocycles. The second-order valence-electron chi connectivity index (χ2n) is 6.18. The number of likely N-dealkylation sites (tertiary alicyclic amines) is 1. The fourth-order valence-corrected chi connectivity index (χ4v) is 3.07. The molecule has 1 heterocycles. The lowest BCUT2D eigenvalue weighted by molar-refractivity contribution is -0.144. The number of piperidine rings is 1. The van der Waals surface area contributed by atoms with Gasteiger partial charge in [-0.15, -0.1) is 0 Å². The molecule has 18 heavy (non-hydrogen) atoms. The van der Waals surface area contributed by atoms with Crippen molar-refractivity contribution in [2.75, 3.05) is 26.7 Å². The lowest BCUT2D eigenvalue weighted by Crippen LogP contribution is -2.50. The minimum absolute atomic E-state index is 0.118. The van der Waals surface area contributed by atoms with E-state index < -0.39 is 0 Å². The van der Waals surface area contributed by atoms with Gasteiger partial charge in [0.2, 0.25) is 0 Å². The number of carbonyl (C=O) groups is 1. The number of carbonyl (C=O) groups excluding carboxylic acids is 1. The fraction of sp³-hybridized carbons (Fsp3) is 0.929. The van der Waals surface area contributed by atoms with Gasteiger partial charge in [0.05, 0.1) is 7.11 Å². The van der Waals surface area contributed by atoms with Gasteiger partial charge in [-0.05, 0) is 31.1 Å². The van der Waals surface area contributed by atoms with E-state index in [0.29, 0.717) is 6.04 Å². The van der Waals surface area contributed by atoms with Crippen LogP contribution in [0.2, 0.25) is 0 Å². The van der Waals surface area contributed by atoms with Gasteiger partial charge in [0, 0.05) is 25.7 Å². The van der Waals surface area contributed by atoms with Crippen molar-refractivity contribution in [3.63, 3.8) is 0 Å². The molecule has 2 fully saturated rings. The molecule has 1 aliphatic carbocycles. The average Bonchev–Trinajstić information content (AvgIpc) is 3.09. The Bertz CT molecular complexity index is 282. The van der Waals surface area contributed by atoms with Crippen molar-refractivity contribution in [1.82, 2.24) is 10.2 Å². The van der Waals surface area contributed by atoms with Gasteiger partial charge in [0.25, 0.3) is 0 Å². The molecule has 1 aliphatic heterocycles. The second-order valence-corrected chi connectivity index (χ2v) is 6.18. The zero-order valence-electron chi connectivity index (χ0n) is 11.8. The molecule has 104 valence electrons. The van der Waals surface area contributed by atoms with Crippen molar-refractivity contribution in [3.05, 3.63) is 0 Å². The van der Waals surface area contributed by atoms with Gasteiger partial charge in [-0.3, -0.25) is 4.79 Å². The van der Waals surface area contributed by atoms with Crippen LogP contribution in [-0.2, 0) is 9.53 Å². The third-order valence-electron chi connectivity index (χ3n) is 3.89. The minimum Gasteiger partial charge on any atom is -0.468 e. The summed E-state index contributed by atoms with van der Waals surface area (Å²) in [4.78, 5) is 14.2. The van der Waals surface area contributed by atoms with Crippen molar-refractivity contribution in [1.29, 1.82) is 0 Å². The van der Waals surface area contributed by atoms with Crippen LogP contribution < -0.4 is 5.32 Å². The summed E-state index contributed by atoms with van der Waals surface area (Å²) in [5, 5.41) is 3.40. The summed E-state index contributed by atoms with van der Waals surface area (Å²) in [5.74, 6) is 1.34.